The van der Waals surface area contributed by atoms with E-state index in [1.54, 1.807) is 7.11 Å². The summed E-state index contributed by atoms with van der Waals surface area (Å²) in [7, 11) is 1.75. The Balaban J connectivity index is 1.77. The molecular formula is C18H26N4O. The molecule has 1 aliphatic carbocycles. The molecule has 1 fully saturated rings. The Morgan fingerprint density at radius 2 is 2.22 bits per heavy atom. The maximum absolute atomic E-state index is 5.14. The topological polar surface area (TPSA) is 52.0 Å². The molecule has 1 saturated carbocycles. The van der Waals surface area contributed by atoms with E-state index in [4.69, 9.17) is 9.84 Å². The first-order chi connectivity index (χ1) is 11.3. The molecule has 5 heteroatoms. The number of pyridine rings is 1. The second kappa shape index (κ2) is 7.70. The van der Waals surface area contributed by atoms with Crippen LogP contribution in [0, 0.1) is 0 Å². The first kappa shape index (κ1) is 16.1. The fraction of sp³-hybridized carbons (Fsp3) is 0.556. The van der Waals surface area contributed by atoms with Gasteiger partial charge in [-0.15, -0.1) is 0 Å². The van der Waals surface area contributed by atoms with E-state index < -0.39 is 0 Å². The van der Waals surface area contributed by atoms with Gasteiger partial charge < -0.3 is 10.1 Å². The first-order valence-electron chi connectivity index (χ1n) is 8.52. The summed E-state index contributed by atoms with van der Waals surface area (Å²) in [5.41, 5.74) is 3.18. The summed E-state index contributed by atoms with van der Waals surface area (Å²) in [6.45, 7) is 3.89. The summed E-state index contributed by atoms with van der Waals surface area (Å²) in [6.07, 6.45) is 6.51. The lowest BCUT2D eigenvalue weighted by Gasteiger charge is -2.09. The van der Waals surface area contributed by atoms with Crippen molar-refractivity contribution in [2.75, 3.05) is 13.7 Å². The van der Waals surface area contributed by atoms with Gasteiger partial charge >= 0.3 is 0 Å². The van der Waals surface area contributed by atoms with Gasteiger partial charge in [0.25, 0.3) is 0 Å². The Kier molecular flexibility index (Phi) is 5.41. The van der Waals surface area contributed by atoms with Crippen LogP contribution in [0.2, 0.25) is 0 Å². The molecule has 0 spiro atoms. The van der Waals surface area contributed by atoms with Crippen LogP contribution in [0.1, 0.15) is 44.3 Å². The zero-order valence-corrected chi connectivity index (χ0v) is 14.0. The minimum Gasteiger partial charge on any atom is -0.385 e. The fourth-order valence-corrected chi connectivity index (χ4v) is 2.74. The third-order valence-electron chi connectivity index (χ3n) is 4.20. The average molecular weight is 314 g/mol. The Hall–Kier alpha value is -1.72. The molecule has 0 amide bonds. The highest BCUT2D eigenvalue weighted by Crippen LogP contribution is 2.26. The van der Waals surface area contributed by atoms with Crippen molar-refractivity contribution in [3.8, 4) is 11.4 Å². The summed E-state index contributed by atoms with van der Waals surface area (Å²) in [5.74, 6) is 0. The highest BCUT2D eigenvalue weighted by molar-refractivity contribution is 5.55. The van der Waals surface area contributed by atoms with E-state index in [1.165, 1.54) is 12.8 Å². The van der Waals surface area contributed by atoms with Gasteiger partial charge in [0.15, 0.2) is 0 Å². The van der Waals surface area contributed by atoms with Gasteiger partial charge in [-0.25, -0.2) is 0 Å². The lowest BCUT2D eigenvalue weighted by atomic mass is 10.2. The third-order valence-corrected chi connectivity index (χ3v) is 4.20. The molecule has 124 valence electrons. The highest BCUT2D eigenvalue weighted by atomic mass is 16.5. The predicted octanol–water partition coefficient (Wildman–Crippen LogP) is 3.18. The Morgan fingerprint density at radius 3 is 2.91 bits per heavy atom. The van der Waals surface area contributed by atoms with E-state index in [1.807, 2.05) is 24.4 Å². The normalized spacial score (nSPS) is 15.7. The number of aromatic nitrogens is 3. The van der Waals surface area contributed by atoms with Crippen LogP contribution in [0.5, 0.6) is 0 Å². The second-order valence-corrected chi connectivity index (χ2v) is 6.26. The molecule has 5 nitrogen and oxygen atoms in total. The zero-order valence-electron chi connectivity index (χ0n) is 14.0. The van der Waals surface area contributed by atoms with Crippen LogP contribution in [0.3, 0.4) is 0 Å². The number of rotatable bonds is 9. The van der Waals surface area contributed by atoms with Crippen molar-refractivity contribution < 1.29 is 4.74 Å². The minimum atomic E-state index is 0.283. The standard InChI is InChI=1S/C18H26N4O/c1-14(20-15-8-9-15)17-13-18(16-7-3-4-10-19-16)22(21-17)11-5-6-12-23-2/h3-4,7,10,13-15,20H,5-6,8-9,11-12H2,1-2H3/t14-/m1/s1. The van der Waals surface area contributed by atoms with Gasteiger partial charge in [-0.05, 0) is 50.8 Å². The molecule has 2 aromatic heterocycles. The van der Waals surface area contributed by atoms with Crippen LogP contribution < -0.4 is 5.32 Å². The van der Waals surface area contributed by atoms with Crippen LogP contribution in [0.25, 0.3) is 11.4 Å². The molecule has 0 bridgehead atoms. The third kappa shape index (κ3) is 4.39. The number of hydrogen-bond acceptors (Lipinski definition) is 4. The van der Waals surface area contributed by atoms with E-state index in [9.17, 15) is 0 Å². The first-order valence-corrected chi connectivity index (χ1v) is 8.52. The summed E-state index contributed by atoms with van der Waals surface area (Å²) in [6, 6.07) is 9.15. The summed E-state index contributed by atoms with van der Waals surface area (Å²) in [4.78, 5) is 4.49. The quantitative estimate of drug-likeness (QED) is 0.722. The van der Waals surface area contributed by atoms with Crippen molar-refractivity contribution in [1.82, 2.24) is 20.1 Å². The van der Waals surface area contributed by atoms with Crippen LogP contribution >= 0.6 is 0 Å². The van der Waals surface area contributed by atoms with E-state index in [2.05, 4.69) is 28.0 Å². The Morgan fingerprint density at radius 1 is 1.35 bits per heavy atom. The van der Waals surface area contributed by atoms with Crippen molar-refractivity contribution in [2.24, 2.45) is 0 Å². The predicted molar refractivity (Wildman–Crippen MR) is 91.1 cm³/mol. The van der Waals surface area contributed by atoms with Gasteiger partial charge in [0.2, 0.25) is 0 Å². The van der Waals surface area contributed by atoms with Gasteiger partial charge in [-0.2, -0.15) is 5.10 Å². The highest BCUT2D eigenvalue weighted by Gasteiger charge is 2.25. The molecule has 3 rings (SSSR count). The maximum Gasteiger partial charge on any atom is 0.0883 e. The van der Waals surface area contributed by atoms with Gasteiger partial charge in [0.05, 0.1) is 17.1 Å². The maximum atomic E-state index is 5.14. The molecule has 1 aliphatic rings. The van der Waals surface area contributed by atoms with E-state index >= 15 is 0 Å². The van der Waals surface area contributed by atoms with Crippen molar-refractivity contribution in [3.63, 3.8) is 0 Å². The van der Waals surface area contributed by atoms with Crippen molar-refractivity contribution in [1.29, 1.82) is 0 Å². The molecule has 0 aromatic carbocycles. The van der Waals surface area contributed by atoms with Crippen LogP contribution in [-0.2, 0) is 11.3 Å². The van der Waals surface area contributed by atoms with Gasteiger partial charge in [0, 0.05) is 38.5 Å². The molecule has 0 radical (unpaired) electrons. The number of ether oxygens (including phenoxy) is 1. The molecule has 1 atom stereocenters. The molecule has 0 saturated heterocycles. The molecule has 0 aliphatic heterocycles. The largest absolute Gasteiger partial charge is 0.385 e. The van der Waals surface area contributed by atoms with Crippen LogP contribution in [0.15, 0.2) is 30.5 Å². The van der Waals surface area contributed by atoms with E-state index in [-0.39, 0.29) is 6.04 Å². The van der Waals surface area contributed by atoms with E-state index in [0.717, 1.165) is 43.1 Å². The lowest BCUT2D eigenvalue weighted by molar-refractivity contribution is 0.191. The summed E-state index contributed by atoms with van der Waals surface area (Å²) >= 11 is 0. The number of hydrogen-bond donors (Lipinski definition) is 1. The van der Waals surface area contributed by atoms with Crippen LogP contribution in [-0.4, -0.2) is 34.5 Å². The molecule has 23 heavy (non-hydrogen) atoms. The SMILES string of the molecule is COCCCCn1nc([C@@H](C)NC2CC2)cc1-c1ccccn1. The monoisotopic (exact) mass is 314 g/mol. The lowest BCUT2D eigenvalue weighted by Crippen LogP contribution is -2.21. The molecule has 0 unspecified atom stereocenters. The smallest absolute Gasteiger partial charge is 0.0883 e. The molecule has 1 N–H and O–H groups in total. The van der Waals surface area contributed by atoms with Gasteiger partial charge in [-0.1, -0.05) is 6.07 Å². The number of aryl methyl sites for hydroxylation is 1. The van der Waals surface area contributed by atoms with Gasteiger partial charge in [0.1, 0.15) is 0 Å². The Labute approximate surface area is 138 Å². The number of nitrogens with one attached hydrogen (secondary N) is 1. The summed E-state index contributed by atoms with van der Waals surface area (Å²) < 4.78 is 7.23. The van der Waals surface area contributed by atoms with Crippen molar-refractivity contribution in [2.45, 2.75) is 51.2 Å². The number of nitrogens with zero attached hydrogens (tertiary/aromatic N) is 3. The second-order valence-electron chi connectivity index (χ2n) is 6.26. The molecular weight excluding hydrogens is 288 g/mol. The average Bonchev–Trinajstić information content (AvgIpc) is 3.28. The minimum absolute atomic E-state index is 0.283. The summed E-state index contributed by atoms with van der Waals surface area (Å²) in [5, 5.41) is 8.46. The van der Waals surface area contributed by atoms with Gasteiger partial charge in [-0.3, -0.25) is 9.67 Å². The van der Waals surface area contributed by atoms with Crippen molar-refractivity contribution >= 4 is 0 Å². The molecule has 2 aromatic rings. The van der Waals surface area contributed by atoms with Crippen molar-refractivity contribution in [3.05, 3.63) is 36.2 Å². The number of methoxy groups -OCH3 is 1. The molecule has 2 heterocycles. The van der Waals surface area contributed by atoms with Crippen LogP contribution in [0.4, 0.5) is 0 Å². The van der Waals surface area contributed by atoms with E-state index in [0.29, 0.717) is 6.04 Å². The zero-order chi connectivity index (χ0) is 16.1. The fourth-order valence-electron chi connectivity index (χ4n) is 2.74. The number of unbranched alkanes of at least 4 members (excludes halogenated alkanes) is 1. The Bertz CT molecular complexity index is 607.